The summed E-state index contributed by atoms with van der Waals surface area (Å²) in [4.78, 5) is 4.05. The Morgan fingerprint density at radius 2 is 2.28 bits per heavy atom. The van der Waals surface area contributed by atoms with Gasteiger partial charge in [-0.1, -0.05) is 0 Å². The zero-order valence-corrected chi connectivity index (χ0v) is 11.3. The van der Waals surface area contributed by atoms with Crippen LogP contribution in [-0.2, 0) is 19.6 Å². The van der Waals surface area contributed by atoms with Crippen LogP contribution in [0.5, 0.6) is 0 Å². The molecule has 0 aliphatic heterocycles. The van der Waals surface area contributed by atoms with Gasteiger partial charge in [-0.15, -0.1) is 0 Å². The first-order valence-electron chi connectivity index (χ1n) is 6.41. The largest absolute Gasteiger partial charge is 0.336 e. The standard InChI is InChI=1S/C13H21N5/c1-4-18-13(7-11(2)16-18)8-15-12(3)9-17-6-5-14-10-17/h5-7,10,12,15H,4,8-9H2,1-3H3. The van der Waals surface area contributed by atoms with E-state index in [1.807, 2.05) is 30.3 Å². The molecule has 2 heterocycles. The third kappa shape index (κ3) is 3.20. The molecular weight excluding hydrogens is 226 g/mol. The second kappa shape index (κ2) is 5.82. The van der Waals surface area contributed by atoms with E-state index in [1.54, 1.807) is 0 Å². The fraction of sp³-hybridized carbons (Fsp3) is 0.538. The van der Waals surface area contributed by atoms with Crippen molar-refractivity contribution in [3.63, 3.8) is 0 Å². The molecule has 0 fully saturated rings. The summed E-state index contributed by atoms with van der Waals surface area (Å²) in [6.45, 7) is 9.03. The van der Waals surface area contributed by atoms with Crippen LogP contribution in [0.15, 0.2) is 24.8 Å². The van der Waals surface area contributed by atoms with Gasteiger partial charge in [-0.3, -0.25) is 4.68 Å². The molecule has 0 spiro atoms. The van der Waals surface area contributed by atoms with Crippen molar-refractivity contribution in [1.29, 1.82) is 0 Å². The van der Waals surface area contributed by atoms with E-state index >= 15 is 0 Å². The quantitative estimate of drug-likeness (QED) is 0.843. The van der Waals surface area contributed by atoms with Crippen LogP contribution in [-0.4, -0.2) is 25.4 Å². The first-order chi connectivity index (χ1) is 8.69. The summed E-state index contributed by atoms with van der Waals surface area (Å²) in [7, 11) is 0. The number of hydrogen-bond donors (Lipinski definition) is 1. The Bertz CT molecular complexity index is 472. The number of aromatic nitrogens is 4. The zero-order valence-electron chi connectivity index (χ0n) is 11.3. The zero-order chi connectivity index (χ0) is 13.0. The van der Waals surface area contributed by atoms with Gasteiger partial charge in [0.1, 0.15) is 0 Å². The monoisotopic (exact) mass is 247 g/mol. The van der Waals surface area contributed by atoms with Gasteiger partial charge in [0.25, 0.3) is 0 Å². The van der Waals surface area contributed by atoms with Gasteiger partial charge in [-0.2, -0.15) is 5.10 Å². The van der Waals surface area contributed by atoms with E-state index in [9.17, 15) is 0 Å². The molecule has 5 nitrogen and oxygen atoms in total. The van der Waals surface area contributed by atoms with E-state index in [2.05, 4.69) is 39.9 Å². The van der Waals surface area contributed by atoms with Crippen LogP contribution >= 0.6 is 0 Å². The second-order valence-electron chi connectivity index (χ2n) is 4.63. The van der Waals surface area contributed by atoms with Gasteiger partial charge in [0, 0.05) is 38.1 Å². The second-order valence-corrected chi connectivity index (χ2v) is 4.63. The molecule has 1 N–H and O–H groups in total. The number of rotatable bonds is 6. The molecule has 0 saturated heterocycles. The Morgan fingerprint density at radius 1 is 1.44 bits per heavy atom. The molecule has 0 bridgehead atoms. The molecule has 2 aromatic rings. The maximum Gasteiger partial charge on any atom is 0.0946 e. The van der Waals surface area contributed by atoms with Gasteiger partial charge < -0.3 is 9.88 Å². The number of nitrogens with one attached hydrogen (secondary N) is 1. The molecule has 0 aliphatic rings. The Balaban J connectivity index is 1.86. The fourth-order valence-electron chi connectivity index (χ4n) is 2.07. The smallest absolute Gasteiger partial charge is 0.0946 e. The molecule has 0 aliphatic carbocycles. The fourth-order valence-corrected chi connectivity index (χ4v) is 2.07. The van der Waals surface area contributed by atoms with Crippen LogP contribution < -0.4 is 5.32 Å². The number of nitrogens with zero attached hydrogens (tertiary/aromatic N) is 4. The minimum absolute atomic E-state index is 0.403. The average molecular weight is 247 g/mol. The Kier molecular flexibility index (Phi) is 4.15. The third-order valence-electron chi connectivity index (χ3n) is 2.96. The molecule has 0 aromatic carbocycles. The summed E-state index contributed by atoms with van der Waals surface area (Å²) in [5, 5.41) is 7.96. The molecule has 2 aromatic heterocycles. The molecule has 0 saturated carbocycles. The van der Waals surface area contributed by atoms with Crippen molar-refractivity contribution in [1.82, 2.24) is 24.6 Å². The third-order valence-corrected chi connectivity index (χ3v) is 2.96. The van der Waals surface area contributed by atoms with Gasteiger partial charge in [0.05, 0.1) is 17.7 Å². The van der Waals surface area contributed by atoms with Crippen molar-refractivity contribution >= 4 is 0 Å². The van der Waals surface area contributed by atoms with Gasteiger partial charge in [-0.25, -0.2) is 4.98 Å². The summed E-state index contributed by atoms with van der Waals surface area (Å²) in [5.41, 5.74) is 2.32. The highest BCUT2D eigenvalue weighted by Crippen LogP contribution is 2.04. The van der Waals surface area contributed by atoms with E-state index in [-0.39, 0.29) is 0 Å². The minimum atomic E-state index is 0.403. The van der Waals surface area contributed by atoms with E-state index in [1.165, 1.54) is 5.69 Å². The molecular formula is C13H21N5. The predicted molar refractivity (Wildman–Crippen MR) is 71.2 cm³/mol. The van der Waals surface area contributed by atoms with E-state index in [4.69, 9.17) is 0 Å². The highest BCUT2D eigenvalue weighted by atomic mass is 15.3. The topological polar surface area (TPSA) is 47.7 Å². The van der Waals surface area contributed by atoms with Crippen LogP contribution in [0.4, 0.5) is 0 Å². The maximum atomic E-state index is 4.44. The lowest BCUT2D eigenvalue weighted by atomic mass is 10.3. The predicted octanol–water partition coefficient (Wildman–Crippen LogP) is 1.59. The summed E-state index contributed by atoms with van der Waals surface area (Å²) in [6, 6.07) is 2.54. The summed E-state index contributed by atoms with van der Waals surface area (Å²) in [5.74, 6) is 0. The van der Waals surface area contributed by atoms with Crippen molar-refractivity contribution in [2.45, 2.75) is 46.4 Å². The molecule has 0 radical (unpaired) electrons. The lowest BCUT2D eigenvalue weighted by molar-refractivity contribution is 0.462. The Labute approximate surface area is 108 Å². The number of aryl methyl sites for hydroxylation is 2. The van der Waals surface area contributed by atoms with Crippen LogP contribution in [0.2, 0.25) is 0 Å². The van der Waals surface area contributed by atoms with Crippen molar-refractivity contribution in [2.24, 2.45) is 0 Å². The van der Waals surface area contributed by atoms with Crippen LogP contribution in [0.1, 0.15) is 25.2 Å². The molecule has 5 heteroatoms. The van der Waals surface area contributed by atoms with Gasteiger partial charge in [0.2, 0.25) is 0 Å². The Hall–Kier alpha value is -1.62. The number of hydrogen-bond acceptors (Lipinski definition) is 3. The normalized spacial score (nSPS) is 12.8. The van der Waals surface area contributed by atoms with Crippen LogP contribution in [0.3, 0.4) is 0 Å². The maximum absolute atomic E-state index is 4.44. The summed E-state index contributed by atoms with van der Waals surface area (Å²) in [6.07, 6.45) is 5.64. The lowest BCUT2D eigenvalue weighted by Gasteiger charge is -2.14. The molecule has 0 amide bonds. The van der Waals surface area contributed by atoms with Crippen molar-refractivity contribution in [2.75, 3.05) is 0 Å². The summed E-state index contributed by atoms with van der Waals surface area (Å²) >= 11 is 0. The van der Waals surface area contributed by atoms with Crippen molar-refractivity contribution in [3.8, 4) is 0 Å². The molecule has 18 heavy (non-hydrogen) atoms. The lowest BCUT2D eigenvalue weighted by Crippen LogP contribution is -2.30. The molecule has 98 valence electrons. The highest BCUT2D eigenvalue weighted by molar-refractivity contribution is 5.08. The van der Waals surface area contributed by atoms with E-state index in [0.717, 1.165) is 25.3 Å². The summed E-state index contributed by atoms with van der Waals surface area (Å²) < 4.78 is 4.13. The molecule has 1 unspecified atom stereocenters. The van der Waals surface area contributed by atoms with Crippen LogP contribution in [0.25, 0.3) is 0 Å². The van der Waals surface area contributed by atoms with E-state index < -0.39 is 0 Å². The minimum Gasteiger partial charge on any atom is -0.336 e. The first kappa shape index (κ1) is 12.8. The molecule has 2 rings (SSSR count). The average Bonchev–Trinajstić information content (AvgIpc) is 2.95. The SMILES string of the molecule is CCn1nc(C)cc1CNC(C)Cn1ccnc1. The highest BCUT2D eigenvalue weighted by Gasteiger charge is 2.06. The Morgan fingerprint density at radius 3 is 2.94 bits per heavy atom. The number of imidazole rings is 1. The van der Waals surface area contributed by atoms with Crippen molar-refractivity contribution in [3.05, 3.63) is 36.2 Å². The van der Waals surface area contributed by atoms with Gasteiger partial charge in [0.15, 0.2) is 0 Å². The first-order valence-corrected chi connectivity index (χ1v) is 6.41. The van der Waals surface area contributed by atoms with Crippen LogP contribution in [0, 0.1) is 6.92 Å². The van der Waals surface area contributed by atoms with Crippen molar-refractivity contribution < 1.29 is 0 Å². The molecule has 1 atom stereocenters. The van der Waals surface area contributed by atoms with E-state index in [0.29, 0.717) is 6.04 Å². The van der Waals surface area contributed by atoms with Gasteiger partial charge in [-0.05, 0) is 26.8 Å². The van der Waals surface area contributed by atoms with Gasteiger partial charge >= 0.3 is 0 Å².